The maximum atomic E-state index is 13.8. The fraction of sp³-hybridized carbons (Fsp3) is 0.500. The van der Waals surface area contributed by atoms with Gasteiger partial charge in [0.15, 0.2) is 11.5 Å². The summed E-state index contributed by atoms with van der Waals surface area (Å²) in [6.45, 7) is 3.34. The molecule has 9 nitrogen and oxygen atoms in total. The van der Waals surface area contributed by atoms with Gasteiger partial charge in [-0.05, 0) is 56.5 Å². The highest BCUT2D eigenvalue weighted by atomic mass is 32.2. The van der Waals surface area contributed by atoms with Gasteiger partial charge in [-0.1, -0.05) is 31.4 Å². The second-order valence-electron chi connectivity index (χ2n) is 9.90. The van der Waals surface area contributed by atoms with Crippen molar-refractivity contribution in [2.75, 3.05) is 29.8 Å². The SMILES string of the molecule is CCS(=O)(=O)N(CC(=O)N(Cc1ccc(F)cc1)[C@H](C)C(=O)NC1CCCCC1)c1ccc2c(c1)OCCO2. The zero-order valence-corrected chi connectivity index (χ0v) is 23.2. The zero-order valence-electron chi connectivity index (χ0n) is 22.4. The standard InChI is InChI=1S/C28H36FN3O6S/c1-3-39(35,36)32(24-13-14-25-26(17-24)38-16-15-37-25)19-27(33)31(18-21-9-11-22(29)12-10-21)20(2)28(34)30-23-7-5-4-6-8-23/h9-14,17,20,23H,3-8,15-16,18-19H2,1-2H3,(H,30,34)/t20-/m1/s1. The second-order valence-corrected chi connectivity index (χ2v) is 12.1. The highest BCUT2D eigenvalue weighted by Gasteiger charge is 2.32. The minimum absolute atomic E-state index is 0.0134. The lowest BCUT2D eigenvalue weighted by molar-refractivity contribution is -0.139. The molecule has 0 spiro atoms. The molecule has 1 aliphatic carbocycles. The van der Waals surface area contributed by atoms with Gasteiger partial charge in [0.25, 0.3) is 0 Å². The number of carbonyl (C=O) groups excluding carboxylic acids is 2. The largest absolute Gasteiger partial charge is 0.486 e. The molecule has 1 saturated carbocycles. The van der Waals surface area contributed by atoms with Gasteiger partial charge in [-0.3, -0.25) is 13.9 Å². The average Bonchev–Trinajstić information content (AvgIpc) is 2.95. The molecule has 0 aromatic heterocycles. The molecule has 1 N–H and O–H groups in total. The molecule has 2 aliphatic rings. The number of hydrogen-bond acceptors (Lipinski definition) is 6. The summed E-state index contributed by atoms with van der Waals surface area (Å²) in [7, 11) is -3.88. The van der Waals surface area contributed by atoms with Crippen molar-refractivity contribution in [2.24, 2.45) is 0 Å². The molecule has 4 rings (SSSR count). The van der Waals surface area contributed by atoms with Crippen LogP contribution < -0.4 is 19.1 Å². The van der Waals surface area contributed by atoms with E-state index in [2.05, 4.69) is 5.32 Å². The molecule has 2 amide bonds. The van der Waals surface area contributed by atoms with E-state index in [-0.39, 0.29) is 29.9 Å². The number of anilines is 1. The number of carbonyl (C=O) groups is 2. The van der Waals surface area contributed by atoms with Gasteiger partial charge in [-0.15, -0.1) is 0 Å². The van der Waals surface area contributed by atoms with Crippen LogP contribution in [0.5, 0.6) is 11.5 Å². The molecule has 0 radical (unpaired) electrons. The second kappa shape index (κ2) is 12.7. The molecule has 1 fully saturated rings. The summed E-state index contributed by atoms with van der Waals surface area (Å²) in [5, 5.41) is 3.05. The van der Waals surface area contributed by atoms with Crippen LogP contribution in [0.4, 0.5) is 10.1 Å². The van der Waals surface area contributed by atoms with Crippen LogP contribution >= 0.6 is 0 Å². The maximum Gasteiger partial charge on any atom is 0.244 e. The van der Waals surface area contributed by atoms with Crippen molar-refractivity contribution in [3.8, 4) is 11.5 Å². The lowest BCUT2D eigenvalue weighted by Crippen LogP contribution is -2.53. The normalized spacial score (nSPS) is 16.3. The molecule has 1 atom stereocenters. The van der Waals surface area contributed by atoms with E-state index in [1.54, 1.807) is 37.3 Å². The molecule has 2 aromatic rings. The van der Waals surface area contributed by atoms with E-state index in [0.717, 1.165) is 36.4 Å². The summed E-state index contributed by atoms with van der Waals surface area (Å²) in [5.41, 5.74) is 0.877. The van der Waals surface area contributed by atoms with E-state index in [1.165, 1.54) is 24.0 Å². The van der Waals surface area contributed by atoms with Gasteiger partial charge in [-0.2, -0.15) is 0 Å². The first-order valence-corrected chi connectivity index (χ1v) is 15.0. The van der Waals surface area contributed by atoms with Crippen molar-refractivity contribution in [1.82, 2.24) is 10.2 Å². The Morgan fingerprint density at radius 1 is 1.03 bits per heavy atom. The van der Waals surface area contributed by atoms with E-state index in [4.69, 9.17) is 9.47 Å². The third-order valence-corrected chi connectivity index (χ3v) is 8.92. The van der Waals surface area contributed by atoms with Crippen LogP contribution in [0, 0.1) is 5.82 Å². The van der Waals surface area contributed by atoms with Crippen LogP contribution in [0.2, 0.25) is 0 Å². The fourth-order valence-electron chi connectivity index (χ4n) is 4.84. The molecule has 0 unspecified atom stereocenters. The van der Waals surface area contributed by atoms with Crippen LogP contribution in [0.1, 0.15) is 51.5 Å². The summed E-state index contributed by atoms with van der Waals surface area (Å²) in [6, 6.07) is 9.55. The Hall–Kier alpha value is -3.34. The van der Waals surface area contributed by atoms with Crippen LogP contribution in [0.25, 0.3) is 0 Å². The lowest BCUT2D eigenvalue weighted by atomic mass is 9.95. The first-order valence-electron chi connectivity index (χ1n) is 13.4. The smallest absolute Gasteiger partial charge is 0.244 e. The number of ether oxygens (including phenoxy) is 2. The molecule has 1 aliphatic heterocycles. The number of benzene rings is 2. The minimum atomic E-state index is -3.88. The Balaban J connectivity index is 1.61. The van der Waals surface area contributed by atoms with Gasteiger partial charge in [0.2, 0.25) is 21.8 Å². The zero-order chi connectivity index (χ0) is 28.0. The molecule has 212 valence electrons. The molecule has 39 heavy (non-hydrogen) atoms. The molecular weight excluding hydrogens is 525 g/mol. The van der Waals surface area contributed by atoms with E-state index in [0.29, 0.717) is 30.3 Å². The molecular formula is C28H36FN3O6S. The van der Waals surface area contributed by atoms with Gasteiger partial charge < -0.3 is 19.7 Å². The van der Waals surface area contributed by atoms with E-state index < -0.39 is 34.3 Å². The maximum absolute atomic E-state index is 13.8. The number of nitrogens with one attached hydrogen (secondary N) is 1. The number of nitrogens with zero attached hydrogens (tertiary/aromatic N) is 2. The van der Waals surface area contributed by atoms with Crippen molar-refractivity contribution in [3.63, 3.8) is 0 Å². The molecule has 11 heteroatoms. The van der Waals surface area contributed by atoms with Crippen molar-refractivity contribution >= 4 is 27.5 Å². The lowest BCUT2D eigenvalue weighted by Gasteiger charge is -2.33. The predicted molar refractivity (Wildman–Crippen MR) is 146 cm³/mol. The first kappa shape index (κ1) is 28.7. The first-order chi connectivity index (χ1) is 18.7. The Kier molecular flexibility index (Phi) is 9.32. The number of fused-ring (bicyclic) bond motifs is 1. The van der Waals surface area contributed by atoms with Crippen molar-refractivity contribution in [3.05, 3.63) is 53.8 Å². The quantitative estimate of drug-likeness (QED) is 0.475. The summed E-state index contributed by atoms with van der Waals surface area (Å²) >= 11 is 0. The van der Waals surface area contributed by atoms with E-state index in [1.807, 2.05) is 0 Å². The molecule has 0 saturated heterocycles. The van der Waals surface area contributed by atoms with Crippen LogP contribution in [-0.4, -0.2) is 62.7 Å². The van der Waals surface area contributed by atoms with Crippen molar-refractivity contribution in [2.45, 2.75) is 64.6 Å². The Morgan fingerprint density at radius 3 is 2.36 bits per heavy atom. The Morgan fingerprint density at radius 2 is 1.69 bits per heavy atom. The average molecular weight is 562 g/mol. The topological polar surface area (TPSA) is 105 Å². The fourth-order valence-corrected chi connectivity index (χ4v) is 5.90. The van der Waals surface area contributed by atoms with Crippen LogP contribution in [0.15, 0.2) is 42.5 Å². The van der Waals surface area contributed by atoms with Gasteiger partial charge in [0.05, 0.1) is 11.4 Å². The predicted octanol–water partition coefficient (Wildman–Crippen LogP) is 3.62. The summed E-state index contributed by atoms with van der Waals surface area (Å²) in [5.74, 6) is -0.621. The Labute approximate surface area is 229 Å². The third-order valence-electron chi connectivity index (χ3n) is 7.18. The summed E-state index contributed by atoms with van der Waals surface area (Å²) < 4.78 is 52.0. The summed E-state index contributed by atoms with van der Waals surface area (Å²) in [6.07, 6.45) is 4.99. The summed E-state index contributed by atoms with van der Waals surface area (Å²) in [4.78, 5) is 28.4. The number of amides is 2. The van der Waals surface area contributed by atoms with Crippen molar-refractivity contribution < 1.29 is 31.9 Å². The molecule has 1 heterocycles. The van der Waals surface area contributed by atoms with Gasteiger partial charge in [-0.25, -0.2) is 12.8 Å². The third kappa shape index (κ3) is 7.20. The number of hydrogen-bond donors (Lipinski definition) is 1. The highest BCUT2D eigenvalue weighted by Crippen LogP contribution is 2.35. The Bertz CT molecular complexity index is 1260. The molecule has 0 bridgehead atoms. The number of rotatable bonds is 10. The van der Waals surface area contributed by atoms with E-state index >= 15 is 0 Å². The van der Waals surface area contributed by atoms with Crippen molar-refractivity contribution in [1.29, 1.82) is 0 Å². The van der Waals surface area contributed by atoms with Crippen LogP contribution in [0.3, 0.4) is 0 Å². The highest BCUT2D eigenvalue weighted by molar-refractivity contribution is 7.92. The van der Waals surface area contributed by atoms with Gasteiger partial charge >= 0.3 is 0 Å². The number of sulfonamides is 1. The monoisotopic (exact) mass is 561 g/mol. The van der Waals surface area contributed by atoms with Gasteiger partial charge in [0.1, 0.15) is 31.6 Å². The van der Waals surface area contributed by atoms with E-state index in [9.17, 15) is 22.4 Å². The number of halogens is 1. The van der Waals surface area contributed by atoms with Gasteiger partial charge in [0, 0.05) is 18.7 Å². The molecule has 2 aromatic carbocycles. The van der Waals surface area contributed by atoms with Crippen LogP contribution in [-0.2, 0) is 26.2 Å². The minimum Gasteiger partial charge on any atom is -0.486 e.